The van der Waals surface area contributed by atoms with E-state index in [9.17, 15) is 4.79 Å². The van der Waals surface area contributed by atoms with Gasteiger partial charge >= 0.3 is 0 Å². The molecule has 5 heteroatoms. The van der Waals surface area contributed by atoms with Gasteiger partial charge in [0.2, 0.25) is 0 Å². The number of hydrogen-bond acceptors (Lipinski definition) is 4. The molecule has 82 valence electrons. The molecule has 1 N–H and O–H groups in total. The number of rotatable bonds is 3. The van der Waals surface area contributed by atoms with Gasteiger partial charge in [0, 0.05) is 19.2 Å². The van der Waals surface area contributed by atoms with Gasteiger partial charge < -0.3 is 14.7 Å². The highest BCUT2D eigenvalue weighted by Gasteiger charge is 2.22. The van der Waals surface area contributed by atoms with Crippen molar-refractivity contribution < 1.29 is 9.32 Å². The SMILES string of the molecule is CNCc1cc(C(=O)N2CCCC2)no1. The number of nitrogens with zero attached hydrogens (tertiary/aromatic N) is 2. The molecule has 0 unspecified atom stereocenters. The molecule has 2 heterocycles. The Balaban J connectivity index is 2.04. The highest BCUT2D eigenvalue weighted by atomic mass is 16.5. The van der Waals surface area contributed by atoms with Crippen LogP contribution in [-0.2, 0) is 6.54 Å². The smallest absolute Gasteiger partial charge is 0.276 e. The third kappa shape index (κ3) is 2.18. The Morgan fingerprint density at radius 2 is 2.33 bits per heavy atom. The average Bonchev–Trinajstić information content (AvgIpc) is 2.87. The largest absolute Gasteiger partial charge is 0.359 e. The van der Waals surface area contributed by atoms with E-state index in [0.717, 1.165) is 25.9 Å². The van der Waals surface area contributed by atoms with Crippen molar-refractivity contribution >= 4 is 5.91 Å². The Morgan fingerprint density at radius 3 is 3.00 bits per heavy atom. The Bertz CT molecular complexity index is 342. The highest BCUT2D eigenvalue weighted by Crippen LogP contribution is 2.12. The molecule has 1 fully saturated rings. The van der Waals surface area contributed by atoms with Crippen molar-refractivity contribution in [2.45, 2.75) is 19.4 Å². The molecule has 1 aliphatic heterocycles. The lowest BCUT2D eigenvalue weighted by molar-refractivity contribution is 0.0782. The number of nitrogens with one attached hydrogen (secondary N) is 1. The molecule has 0 bridgehead atoms. The van der Waals surface area contributed by atoms with Crippen LogP contribution >= 0.6 is 0 Å². The van der Waals surface area contributed by atoms with E-state index in [-0.39, 0.29) is 5.91 Å². The van der Waals surface area contributed by atoms with E-state index < -0.39 is 0 Å². The minimum atomic E-state index is -0.0152. The molecule has 15 heavy (non-hydrogen) atoms. The second-order valence-corrected chi connectivity index (χ2v) is 3.71. The van der Waals surface area contributed by atoms with Gasteiger partial charge in [-0.25, -0.2) is 0 Å². The highest BCUT2D eigenvalue weighted by molar-refractivity contribution is 5.92. The van der Waals surface area contributed by atoms with Crippen LogP contribution in [0, 0.1) is 0 Å². The summed E-state index contributed by atoms with van der Waals surface area (Å²) in [6, 6.07) is 1.71. The zero-order valence-corrected chi connectivity index (χ0v) is 8.82. The molecule has 0 aromatic carbocycles. The van der Waals surface area contributed by atoms with Crippen LogP contribution in [0.5, 0.6) is 0 Å². The molecular formula is C10H15N3O2. The van der Waals surface area contributed by atoms with Gasteiger partial charge in [-0.05, 0) is 19.9 Å². The van der Waals surface area contributed by atoms with Gasteiger partial charge in [0.05, 0.1) is 6.54 Å². The van der Waals surface area contributed by atoms with Crippen LogP contribution in [0.3, 0.4) is 0 Å². The minimum absolute atomic E-state index is 0.0152. The maximum atomic E-state index is 11.8. The van der Waals surface area contributed by atoms with E-state index in [0.29, 0.717) is 18.0 Å². The van der Waals surface area contributed by atoms with Gasteiger partial charge in [0.25, 0.3) is 5.91 Å². The summed E-state index contributed by atoms with van der Waals surface area (Å²) in [7, 11) is 1.82. The van der Waals surface area contributed by atoms with E-state index in [1.165, 1.54) is 0 Å². The number of aromatic nitrogens is 1. The Morgan fingerprint density at radius 1 is 1.60 bits per heavy atom. The number of carbonyl (C=O) groups is 1. The molecule has 2 rings (SSSR count). The van der Waals surface area contributed by atoms with Crippen molar-refractivity contribution in [3.05, 3.63) is 17.5 Å². The van der Waals surface area contributed by atoms with Crippen molar-refractivity contribution in [2.75, 3.05) is 20.1 Å². The summed E-state index contributed by atoms with van der Waals surface area (Å²) in [5.41, 5.74) is 0.419. The standard InChI is InChI=1S/C10H15N3O2/c1-11-7-8-6-9(12-15-8)10(14)13-4-2-3-5-13/h6,11H,2-5,7H2,1H3. The topological polar surface area (TPSA) is 58.4 Å². The van der Waals surface area contributed by atoms with Crippen molar-refractivity contribution in [3.63, 3.8) is 0 Å². The zero-order chi connectivity index (χ0) is 10.7. The summed E-state index contributed by atoms with van der Waals surface area (Å²) < 4.78 is 5.03. The summed E-state index contributed by atoms with van der Waals surface area (Å²) in [5.74, 6) is 0.679. The molecule has 1 saturated heterocycles. The number of amides is 1. The second-order valence-electron chi connectivity index (χ2n) is 3.71. The lowest BCUT2D eigenvalue weighted by Gasteiger charge is -2.12. The molecule has 1 amide bonds. The second kappa shape index (κ2) is 4.44. The van der Waals surface area contributed by atoms with E-state index in [1.54, 1.807) is 6.07 Å². The number of hydrogen-bond donors (Lipinski definition) is 1. The predicted octanol–water partition coefficient (Wildman–Crippen LogP) is 0.630. The summed E-state index contributed by atoms with van der Waals surface area (Å²) in [5, 5.41) is 6.72. The van der Waals surface area contributed by atoms with Gasteiger partial charge in [-0.3, -0.25) is 4.79 Å². The molecule has 1 aromatic rings. The number of likely N-dealkylation sites (tertiary alicyclic amines) is 1. The monoisotopic (exact) mass is 209 g/mol. The van der Waals surface area contributed by atoms with Gasteiger partial charge in [-0.1, -0.05) is 5.16 Å². The predicted molar refractivity (Wildman–Crippen MR) is 54.4 cm³/mol. The molecule has 0 spiro atoms. The van der Waals surface area contributed by atoms with E-state index >= 15 is 0 Å². The van der Waals surface area contributed by atoms with Crippen molar-refractivity contribution in [1.82, 2.24) is 15.4 Å². The maximum absolute atomic E-state index is 11.8. The lowest BCUT2D eigenvalue weighted by atomic mass is 10.3. The molecule has 1 aliphatic rings. The first kappa shape index (κ1) is 10.2. The summed E-state index contributed by atoms with van der Waals surface area (Å²) >= 11 is 0. The Kier molecular flexibility index (Phi) is 3.01. The first-order valence-electron chi connectivity index (χ1n) is 5.20. The first-order valence-corrected chi connectivity index (χ1v) is 5.20. The number of carbonyl (C=O) groups excluding carboxylic acids is 1. The molecule has 0 saturated carbocycles. The Hall–Kier alpha value is -1.36. The maximum Gasteiger partial charge on any atom is 0.276 e. The van der Waals surface area contributed by atoms with Crippen molar-refractivity contribution in [2.24, 2.45) is 0 Å². The quantitative estimate of drug-likeness (QED) is 0.793. The van der Waals surface area contributed by atoms with E-state index in [2.05, 4.69) is 10.5 Å². The fraction of sp³-hybridized carbons (Fsp3) is 0.600. The lowest BCUT2D eigenvalue weighted by Crippen LogP contribution is -2.27. The molecule has 1 aromatic heterocycles. The van der Waals surface area contributed by atoms with E-state index in [1.807, 2.05) is 11.9 Å². The van der Waals surface area contributed by atoms with Crippen LogP contribution in [0.4, 0.5) is 0 Å². The molecule has 0 atom stereocenters. The normalized spacial score (nSPS) is 15.9. The molecular weight excluding hydrogens is 194 g/mol. The fourth-order valence-electron chi connectivity index (χ4n) is 1.75. The van der Waals surface area contributed by atoms with Crippen LogP contribution in [0.2, 0.25) is 0 Å². The van der Waals surface area contributed by atoms with Gasteiger partial charge in [0.1, 0.15) is 0 Å². The summed E-state index contributed by atoms with van der Waals surface area (Å²) in [6.45, 7) is 2.28. The van der Waals surface area contributed by atoms with E-state index in [4.69, 9.17) is 4.52 Å². The van der Waals surface area contributed by atoms with Crippen LogP contribution in [0.15, 0.2) is 10.6 Å². The summed E-state index contributed by atoms with van der Waals surface area (Å²) in [4.78, 5) is 13.7. The van der Waals surface area contributed by atoms with Crippen LogP contribution in [0.1, 0.15) is 29.1 Å². The molecule has 5 nitrogen and oxygen atoms in total. The molecule has 0 aliphatic carbocycles. The van der Waals surface area contributed by atoms with Crippen LogP contribution in [-0.4, -0.2) is 36.1 Å². The molecule has 0 radical (unpaired) electrons. The first-order chi connectivity index (χ1) is 7.31. The van der Waals surface area contributed by atoms with Crippen LogP contribution in [0.25, 0.3) is 0 Å². The third-order valence-electron chi connectivity index (χ3n) is 2.52. The third-order valence-corrected chi connectivity index (χ3v) is 2.52. The summed E-state index contributed by atoms with van der Waals surface area (Å²) in [6.07, 6.45) is 2.18. The Labute approximate surface area is 88.4 Å². The average molecular weight is 209 g/mol. The fourth-order valence-corrected chi connectivity index (χ4v) is 1.75. The van der Waals surface area contributed by atoms with Gasteiger partial charge in [-0.15, -0.1) is 0 Å². The van der Waals surface area contributed by atoms with Crippen molar-refractivity contribution in [1.29, 1.82) is 0 Å². The van der Waals surface area contributed by atoms with Crippen molar-refractivity contribution in [3.8, 4) is 0 Å². The minimum Gasteiger partial charge on any atom is -0.359 e. The van der Waals surface area contributed by atoms with Gasteiger partial charge in [-0.2, -0.15) is 0 Å². The van der Waals surface area contributed by atoms with Gasteiger partial charge in [0.15, 0.2) is 11.5 Å². The van der Waals surface area contributed by atoms with Crippen LogP contribution < -0.4 is 5.32 Å². The zero-order valence-electron chi connectivity index (χ0n) is 8.82.